The number of rotatable bonds is 3. The third-order valence-electron chi connectivity index (χ3n) is 5.24. The highest BCUT2D eigenvalue weighted by molar-refractivity contribution is 5.77. The fraction of sp³-hybridized carbons (Fsp3) is 0.611. The number of nitrogens with zero attached hydrogens (tertiary/aromatic N) is 2. The van der Waals surface area contributed by atoms with Gasteiger partial charge in [-0.25, -0.2) is 4.39 Å². The molecule has 6 heteroatoms. The molecule has 1 aromatic rings. The van der Waals surface area contributed by atoms with E-state index >= 15 is 0 Å². The Morgan fingerprint density at radius 2 is 2.08 bits per heavy atom. The molecule has 0 unspecified atom stereocenters. The van der Waals surface area contributed by atoms with Crippen molar-refractivity contribution in [2.24, 2.45) is 0 Å². The summed E-state index contributed by atoms with van der Waals surface area (Å²) < 4.78 is 19.1. The maximum atomic E-state index is 13.6. The maximum absolute atomic E-state index is 13.6. The monoisotopic (exact) mass is 336 g/mol. The van der Waals surface area contributed by atoms with Gasteiger partial charge in [0.25, 0.3) is 0 Å². The first kappa shape index (κ1) is 17.2. The minimum absolute atomic E-state index is 0.172. The van der Waals surface area contributed by atoms with Gasteiger partial charge in [0, 0.05) is 51.4 Å². The summed E-state index contributed by atoms with van der Waals surface area (Å²) in [5.41, 5.74) is 0.346. The number of phenolic OH excluding ortho intramolecular Hbond substituents is 1. The first-order chi connectivity index (χ1) is 11.6. The Kier molecular flexibility index (Phi) is 5.06. The highest BCUT2D eigenvalue weighted by Gasteiger charge is 2.43. The van der Waals surface area contributed by atoms with Crippen molar-refractivity contribution in [3.63, 3.8) is 0 Å². The number of carbonyl (C=O) groups is 1. The molecule has 1 spiro atoms. The number of halogens is 1. The van der Waals surface area contributed by atoms with Crippen LogP contribution >= 0.6 is 0 Å². The fourth-order valence-electron chi connectivity index (χ4n) is 3.99. The van der Waals surface area contributed by atoms with E-state index in [0.717, 1.165) is 19.4 Å². The molecule has 3 rings (SSSR count). The molecule has 2 aliphatic rings. The summed E-state index contributed by atoms with van der Waals surface area (Å²) >= 11 is 0. The van der Waals surface area contributed by atoms with Crippen molar-refractivity contribution in [1.82, 2.24) is 9.80 Å². The van der Waals surface area contributed by atoms with Crippen LogP contribution in [0.3, 0.4) is 0 Å². The van der Waals surface area contributed by atoms with Gasteiger partial charge >= 0.3 is 0 Å². The van der Waals surface area contributed by atoms with Crippen molar-refractivity contribution in [2.75, 3.05) is 32.8 Å². The number of hydrogen-bond acceptors (Lipinski definition) is 4. The zero-order valence-electron chi connectivity index (χ0n) is 14.1. The third kappa shape index (κ3) is 3.26. The SMILES string of the molecule is CCN1C(=O)CCN(Cc2cccc(F)c2O)CC12CCOCC2. The normalized spacial score (nSPS) is 21.9. The van der Waals surface area contributed by atoms with Gasteiger partial charge in [0.05, 0.1) is 5.54 Å². The molecule has 0 bridgehead atoms. The lowest BCUT2D eigenvalue weighted by atomic mass is 9.87. The van der Waals surface area contributed by atoms with E-state index in [2.05, 4.69) is 4.90 Å². The Balaban J connectivity index is 1.84. The van der Waals surface area contributed by atoms with Crippen LogP contribution in [0.2, 0.25) is 0 Å². The van der Waals surface area contributed by atoms with Gasteiger partial charge in [-0.1, -0.05) is 12.1 Å². The number of hydrogen-bond donors (Lipinski definition) is 1. The van der Waals surface area contributed by atoms with E-state index in [0.29, 0.717) is 44.8 Å². The maximum Gasteiger partial charge on any atom is 0.224 e. The summed E-state index contributed by atoms with van der Waals surface area (Å²) in [6.45, 7) is 5.81. The molecular weight excluding hydrogens is 311 g/mol. The Hall–Kier alpha value is -1.66. The second-order valence-corrected chi connectivity index (χ2v) is 6.68. The molecule has 132 valence electrons. The Labute approximate surface area is 142 Å². The van der Waals surface area contributed by atoms with Gasteiger partial charge in [0.15, 0.2) is 11.6 Å². The van der Waals surface area contributed by atoms with Crippen LogP contribution < -0.4 is 0 Å². The summed E-state index contributed by atoms with van der Waals surface area (Å²) in [4.78, 5) is 16.7. The quantitative estimate of drug-likeness (QED) is 0.919. The number of amides is 1. The molecule has 0 atom stereocenters. The smallest absolute Gasteiger partial charge is 0.224 e. The number of aromatic hydroxyl groups is 1. The number of para-hydroxylation sites is 1. The standard InChI is InChI=1S/C18H25FN2O3/c1-2-21-16(22)6-9-20(13-18(21)7-10-24-11-8-18)12-14-4-3-5-15(19)17(14)23/h3-5,23H,2,6-13H2,1H3. The molecule has 2 fully saturated rings. The third-order valence-corrected chi connectivity index (χ3v) is 5.24. The predicted molar refractivity (Wildman–Crippen MR) is 88.1 cm³/mol. The molecule has 0 aromatic heterocycles. The number of ether oxygens (including phenoxy) is 1. The van der Waals surface area contributed by atoms with Crippen LogP contribution in [-0.4, -0.2) is 59.2 Å². The van der Waals surface area contributed by atoms with Crippen LogP contribution in [0.15, 0.2) is 18.2 Å². The van der Waals surface area contributed by atoms with Crippen molar-refractivity contribution >= 4 is 5.91 Å². The van der Waals surface area contributed by atoms with Crippen molar-refractivity contribution < 1.29 is 19.0 Å². The molecule has 1 aromatic carbocycles. The molecule has 0 aliphatic carbocycles. The van der Waals surface area contributed by atoms with Crippen LogP contribution in [0.25, 0.3) is 0 Å². The van der Waals surface area contributed by atoms with E-state index in [9.17, 15) is 14.3 Å². The van der Waals surface area contributed by atoms with E-state index < -0.39 is 5.82 Å². The molecule has 0 radical (unpaired) electrons. The Morgan fingerprint density at radius 1 is 1.33 bits per heavy atom. The summed E-state index contributed by atoms with van der Waals surface area (Å²) in [7, 11) is 0. The van der Waals surface area contributed by atoms with E-state index in [-0.39, 0.29) is 17.2 Å². The van der Waals surface area contributed by atoms with Crippen molar-refractivity contribution in [2.45, 2.75) is 38.3 Å². The zero-order valence-corrected chi connectivity index (χ0v) is 14.1. The summed E-state index contributed by atoms with van der Waals surface area (Å²) in [5, 5.41) is 9.95. The molecule has 2 aliphatic heterocycles. The average molecular weight is 336 g/mol. The van der Waals surface area contributed by atoms with Gasteiger partial charge < -0.3 is 14.7 Å². The number of carbonyl (C=O) groups excluding carboxylic acids is 1. The number of likely N-dealkylation sites (N-methyl/N-ethyl adjacent to an activating group) is 1. The lowest BCUT2D eigenvalue weighted by molar-refractivity contribution is -0.140. The van der Waals surface area contributed by atoms with Gasteiger partial charge in [-0.15, -0.1) is 0 Å². The Morgan fingerprint density at radius 3 is 2.79 bits per heavy atom. The summed E-state index contributed by atoms with van der Waals surface area (Å²) in [6, 6.07) is 4.60. The minimum Gasteiger partial charge on any atom is -0.505 e. The van der Waals surface area contributed by atoms with Crippen molar-refractivity contribution in [3.8, 4) is 5.75 Å². The van der Waals surface area contributed by atoms with Gasteiger partial charge in [0.2, 0.25) is 5.91 Å². The first-order valence-corrected chi connectivity index (χ1v) is 8.63. The molecule has 1 N–H and O–H groups in total. The van der Waals surface area contributed by atoms with Crippen LogP contribution in [0.5, 0.6) is 5.75 Å². The van der Waals surface area contributed by atoms with Crippen LogP contribution in [-0.2, 0) is 16.1 Å². The molecule has 0 saturated carbocycles. The zero-order chi connectivity index (χ0) is 17.2. The van der Waals surface area contributed by atoms with Crippen molar-refractivity contribution in [3.05, 3.63) is 29.6 Å². The van der Waals surface area contributed by atoms with Crippen molar-refractivity contribution in [1.29, 1.82) is 0 Å². The lowest BCUT2D eigenvalue weighted by Crippen LogP contribution is -2.58. The van der Waals surface area contributed by atoms with Crippen LogP contribution in [0.1, 0.15) is 31.7 Å². The molecular formula is C18H25FN2O3. The number of phenols is 1. The summed E-state index contributed by atoms with van der Waals surface area (Å²) in [5.74, 6) is -0.721. The second-order valence-electron chi connectivity index (χ2n) is 6.68. The van der Waals surface area contributed by atoms with E-state index in [4.69, 9.17) is 4.74 Å². The highest BCUT2D eigenvalue weighted by Crippen LogP contribution is 2.33. The Bertz CT molecular complexity index is 602. The van der Waals surface area contributed by atoms with Gasteiger partial charge in [0.1, 0.15) is 0 Å². The van der Waals surface area contributed by atoms with Crippen LogP contribution in [0, 0.1) is 5.82 Å². The van der Waals surface area contributed by atoms with Gasteiger partial charge in [-0.05, 0) is 25.8 Å². The topological polar surface area (TPSA) is 53.0 Å². The van der Waals surface area contributed by atoms with E-state index in [1.54, 1.807) is 12.1 Å². The van der Waals surface area contributed by atoms with E-state index in [1.807, 2.05) is 11.8 Å². The van der Waals surface area contributed by atoms with Crippen LogP contribution in [0.4, 0.5) is 4.39 Å². The second kappa shape index (κ2) is 7.07. The average Bonchev–Trinajstić information content (AvgIpc) is 2.69. The largest absolute Gasteiger partial charge is 0.505 e. The highest BCUT2D eigenvalue weighted by atomic mass is 19.1. The predicted octanol–water partition coefficient (Wildman–Crippen LogP) is 2.13. The molecule has 5 nitrogen and oxygen atoms in total. The summed E-state index contributed by atoms with van der Waals surface area (Å²) in [6.07, 6.45) is 2.09. The fourth-order valence-corrected chi connectivity index (χ4v) is 3.99. The molecule has 1 amide bonds. The number of benzene rings is 1. The van der Waals surface area contributed by atoms with E-state index in [1.165, 1.54) is 6.07 Å². The molecule has 24 heavy (non-hydrogen) atoms. The van der Waals surface area contributed by atoms with Gasteiger partial charge in [-0.2, -0.15) is 0 Å². The lowest BCUT2D eigenvalue weighted by Gasteiger charge is -2.46. The molecule has 2 heterocycles. The van der Waals surface area contributed by atoms with Gasteiger partial charge in [-0.3, -0.25) is 9.69 Å². The molecule has 2 saturated heterocycles. The minimum atomic E-state index is -0.602. The first-order valence-electron chi connectivity index (χ1n) is 8.63.